The molecule has 2 heteroatoms. The van der Waals surface area contributed by atoms with Gasteiger partial charge in [-0.15, -0.1) is 0 Å². The van der Waals surface area contributed by atoms with E-state index in [2.05, 4.69) is 291 Å². The lowest BCUT2D eigenvalue weighted by Gasteiger charge is -2.30. The van der Waals surface area contributed by atoms with Crippen LogP contribution >= 0.6 is 0 Å². The summed E-state index contributed by atoms with van der Waals surface area (Å²) < 4.78 is 0. The standard InChI is InChI=1S/C67H50N2/c1-67(2)64-45-59(68(56-35-29-52(30-36-56)48-17-8-4-9-18-48)57-37-31-53(32-38-57)49-19-10-5-11-20-49)41-43-62(64)63-44-42-60(46-65(63)67)69(66-24-14-22-55-21-12-13-23-61(55)66)58-39-33-54(34-40-58)51-27-25-50(26-28-51)47-15-6-3-7-16-47/h3-46H,1-2H3. The van der Waals surface area contributed by atoms with Gasteiger partial charge in [-0.05, 0) is 139 Å². The van der Waals surface area contributed by atoms with Crippen molar-refractivity contribution in [2.45, 2.75) is 19.3 Å². The minimum absolute atomic E-state index is 0.281. The van der Waals surface area contributed by atoms with Crippen molar-refractivity contribution in [2.75, 3.05) is 9.80 Å². The van der Waals surface area contributed by atoms with Gasteiger partial charge < -0.3 is 9.80 Å². The Morgan fingerprint density at radius 2 is 0.580 bits per heavy atom. The minimum Gasteiger partial charge on any atom is -0.310 e. The molecular weight excluding hydrogens is 833 g/mol. The number of nitrogens with zero attached hydrogens (tertiary/aromatic N) is 2. The molecule has 0 N–H and O–H groups in total. The maximum atomic E-state index is 2.44. The Morgan fingerprint density at radius 3 is 1.01 bits per heavy atom. The van der Waals surface area contributed by atoms with Crippen molar-refractivity contribution >= 4 is 44.9 Å². The van der Waals surface area contributed by atoms with Crippen molar-refractivity contribution in [3.63, 3.8) is 0 Å². The zero-order valence-corrected chi connectivity index (χ0v) is 38.8. The van der Waals surface area contributed by atoms with Crippen LogP contribution in [0.4, 0.5) is 34.1 Å². The lowest BCUT2D eigenvalue weighted by atomic mass is 9.82. The Labute approximate surface area is 405 Å². The zero-order chi connectivity index (χ0) is 46.3. The third-order valence-corrected chi connectivity index (χ3v) is 14.1. The summed E-state index contributed by atoms with van der Waals surface area (Å²) in [5.41, 5.74) is 21.3. The fourth-order valence-corrected chi connectivity index (χ4v) is 10.4. The van der Waals surface area contributed by atoms with Crippen LogP contribution in [0.15, 0.2) is 267 Å². The normalized spacial score (nSPS) is 12.3. The van der Waals surface area contributed by atoms with Gasteiger partial charge in [-0.2, -0.15) is 0 Å². The first-order chi connectivity index (χ1) is 34.0. The van der Waals surface area contributed by atoms with E-state index in [1.54, 1.807) is 0 Å². The Balaban J connectivity index is 0.922. The van der Waals surface area contributed by atoms with Gasteiger partial charge >= 0.3 is 0 Å². The molecule has 0 atom stereocenters. The molecule has 0 fully saturated rings. The molecule has 0 saturated heterocycles. The highest BCUT2D eigenvalue weighted by Crippen LogP contribution is 2.53. The number of benzene rings is 11. The molecule has 11 aromatic carbocycles. The van der Waals surface area contributed by atoms with Crippen LogP contribution in [-0.2, 0) is 5.41 Å². The van der Waals surface area contributed by atoms with Crippen molar-refractivity contribution in [2.24, 2.45) is 0 Å². The van der Waals surface area contributed by atoms with Crippen molar-refractivity contribution in [1.82, 2.24) is 0 Å². The summed E-state index contributed by atoms with van der Waals surface area (Å²) >= 11 is 0. The van der Waals surface area contributed by atoms with E-state index < -0.39 is 0 Å². The average Bonchev–Trinajstić information content (AvgIpc) is 3.64. The first kappa shape index (κ1) is 41.7. The molecule has 12 rings (SSSR count). The summed E-state index contributed by atoms with van der Waals surface area (Å²) in [6.45, 7) is 4.78. The highest BCUT2D eigenvalue weighted by molar-refractivity contribution is 6.00. The minimum atomic E-state index is -0.281. The Kier molecular flexibility index (Phi) is 10.6. The van der Waals surface area contributed by atoms with E-state index in [1.807, 2.05) is 0 Å². The van der Waals surface area contributed by atoms with Gasteiger partial charge in [0.15, 0.2) is 0 Å². The number of hydrogen-bond acceptors (Lipinski definition) is 2. The van der Waals surface area contributed by atoms with Crippen LogP contribution in [-0.4, -0.2) is 0 Å². The third-order valence-electron chi connectivity index (χ3n) is 14.1. The van der Waals surface area contributed by atoms with Gasteiger partial charge in [0.1, 0.15) is 0 Å². The molecular formula is C67H50N2. The molecule has 0 aromatic heterocycles. The van der Waals surface area contributed by atoms with Crippen LogP contribution in [0.2, 0.25) is 0 Å². The molecule has 328 valence electrons. The molecule has 1 aliphatic rings. The van der Waals surface area contributed by atoms with E-state index in [0.717, 1.165) is 34.1 Å². The molecule has 0 heterocycles. The molecule has 0 aliphatic heterocycles. The van der Waals surface area contributed by atoms with Gasteiger partial charge in [0.2, 0.25) is 0 Å². The second kappa shape index (κ2) is 17.5. The van der Waals surface area contributed by atoms with Crippen molar-refractivity contribution < 1.29 is 0 Å². The maximum Gasteiger partial charge on any atom is 0.0540 e. The second-order valence-corrected chi connectivity index (χ2v) is 18.6. The summed E-state index contributed by atoms with van der Waals surface area (Å²) in [4.78, 5) is 4.84. The molecule has 69 heavy (non-hydrogen) atoms. The molecule has 11 aromatic rings. The van der Waals surface area contributed by atoms with E-state index >= 15 is 0 Å². The third kappa shape index (κ3) is 7.76. The predicted molar refractivity (Wildman–Crippen MR) is 293 cm³/mol. The van der Waals surface area contributed by atoms with E-state index in [0.29, 0.717) is 0 Å². The van der Waals surface area contributed by atoms with E-state index in [-0.39, 0.29) is 5.41 Å². The highest BCUT2D eigenvalue weighted by Gasteiger charge is 2.37. The number of anilines is 6. The van der Waals surface area contributed by atoms with Crippen LogP contribution < -0.4 is 9.80 Å². The summed E-state index contributed by atoms with van der Waals surface area (Å²) in [6, 6.07) is 97.3. The fourth-order valence-electron chi connectivity index (χ4n) is 10.4. The number of fused-ring (bicyclic) bond motifs is 4. The Morgan fingerprint density at radius 1 is 0.261 bits per heavy atom. The fraction of sp³-hybridized carbons (Fsp3) is 0.0448. The van der Waals surface area contributed by atoms with E-state index in [9.17, 15) is 0 Å². The SMILES string of the molecule is CC1(C)c2cc(N(c3ccc(-c4ccccc4)cc3)c3ccc(-c4ccccc4)cc3)ccc2-c2ccc(N(c3ccc(-c4ccc(-c5ccccc5)cc4)cc3)c3cccc4ccccc34)cc21. The topological polar surface area (TPSA) is 6.48 Å². The van der Waals surface area contributed by atoms with E-state index in [4.69, 9.17) is 0 Å². The number of rotatable bonds is 10. The molecule has 0 unspecified atom stereocenters. The first-order valence-corrected chi connectivity index (χ1v) is 23.9. The molecule has 0 radical (unpaired) electrons. The van der Waals surface area contributed by atoms with Crippen LogP contribution in [0.1, 0.15) is 25.0 Å². The summed E-state index contributed by atoms with van der Waals surface area (Å²) in [6.07, 6.45) is 0. The Hall–Kier alpha value is -8.72. The molecule has 0 amide bonds. The van der Waals surface area contributed by atoms with Crippen molar-refractivity contribution in [3.05, 3.63) is 278 Å². The molecule has 2 nitrogen and oxygen atoms in total. The van der Waals surface area contributed by atoms with Gasteiger partial charge in [0, 0.05) is 39.2 Å². The molecule has 0 bridgehead atoms. The highest BCUT2D eigenvalue weighted by atomic mass is 15.1. The summed E-state index contributed by atoms with van der Waals surface area (Å²) in [5, 5.41) is 2.42. The average molecular weight is 883 g/mol. The van der Waals surface area contributed by atoms with Gasteiger partial charge in [0.25, 0.3) is 0 Å². The molecule has 0 saturated carbocycles. The quantitative estimate of drug-likeness (QED) is 0.135. The Bertz CT molecular complexity index is 3490. The summed E-state index contributed by atoms with van der Waals surface area (Å²) in [7, 11) is 0. The van der Waals surface area contributed by atoms with Gasteiger partial charge in [-0.1, -0.05) is 214 Å². The smallest absolute Gasteiger partial charge is 0.0540 e. The zero-order valence-electron chi connectivity index (χ0n) is 38.8. The number of hydrogen-bond donors (Lipinski definition) is 0. The van der Waals surface area contributed by atoms with Crippen molar-refractivity contribution in [3.8, 4) is 55.6 Å². The van der Waals surface area contributed by atoms with Gasteiger partial charge in [-0.3, -0.25) is 0 Å². The largest absolute Gasteiger partial charge is 0.310 e. The lowest BCUT2D eigenvalue weighted by molar-refractivity contribution is 0.660. The van der Waals surface area contributed by atoms with Crippen molar-refractivity contribution in [1.29, 1.82) is 0 Å². The second-order valence-electron chi connectivity index (χ2n) is 18.6. The van der Waals surface area contributed by atoms with E-state index in [1.165, 1.54) is 77.5 Å². The lowest BCUT2D eigenvalue weighted by Crippen LogP contribution is -2.17. The molecule has 0 spiro atoms. The van der Waals surface area contributed by atoms with Crippen LogP contribution in [0.5, 0.6) is 0 Å². The van der Waals surface area contributed by atoms with Crippen LogP contribution in [0.3, 0.4) is 0 Å². The predicted octanol–water partition coefficient (Wildman–Crippen LogP) is 18.8. The first-order valence-electron chi connectivity index (χ1n) is 23.9. The summed E-state index contributed by atoms with van der Waals surface area (Å²) in [5.74, 6) is 0. The van der Waals surface area contributed by atoms with Gasteiger partial charge in [0.05, 0.1) is 5.69 Å². The molecule has 1 aliphatic carbocycles. The maximum absolute atomic E-state index is 2.44. The monoisotopic (exact) mass is 882 g/mol. The van der Waals surface area contributed by atoms with Gasteiger partial charge in [-0.25, -0.2) is 0 Å². The van der Waals surface area contributed by atoms with Crippen LogP contribution in [0, 0.1) is 0 Å². The van der Waals surface area contributed by atoms with Crippen LogP contribution in [0.25, 0.3) is 66.4 Å².